The predicted octanol–water partition coefficient (Wildman–Crippen LogP) is 4.74. The van der Waals surface area contributed by atoms with Gasteiger partial charge >= 0.3 is 0 Å². The molecule has 0 bridgehead atoms. The van der Waals surface area contributed by atoms with Crippen molar-refractivity contribution in [1.29, 1.82) is 0 Å². The van der Waals surface area contributed by atoms with E-state index in [4.69, 9.17) is 13.8 Å². The molecule has 4 rings (SSSR count). The second-order valence-corrected chi connectivity index (χ2v) is 10.2. The van der Waals surface area contributed by atoms with Crippen LogP contribution in [-0.4, -0.2) is 54.1 Å². The van der Waals surface area contributed by atoms with Gasteiger partial charge in [0.15, 0.2) is 19.8 Å². The highest BCUT2D eigenvalue weighted by atomic mass is 31.2. The number of nitrogens with zero attached hydrogens (tertiary/aromatic N) is 3. The minimum atomic E-state index is -1.02. The molecule has 1 saturated carbocycles. The van der Waals surface area contributed by atoms with Gasteiger partial charge in [0.05, 0.1) is 13.2 Å². The van der Waals surface area contributed by atoms with Crippen molar-refractivity contribution in [3.63, 3.8) is 0 Å². The SMILES string of the molecule is CC.CCOP(OCC)C1CCC2(C1)N(C)C(=O)c1c(OCc3ccccc3)c(=O)ccn1N2C. The van der Waals surface area contributed by atoms with Crippen LogP contribution in [0.15, 0.2) is 47.4 Å². The van der Waals surface area contributed by atoms with Gasteiger partial charge in [-0.15, -0.1) is 0 Å². The van der Waals surface area contributed by atoms with Gasteiger partial charge in [-0.1, -0.05) is 44.2 Å². The number of rotatable bonds is 8. The molecule has 35 heavy (non-hydrogen) atoms. The van der Waals surface area contributed by atoms with Crippen LogP contribution < -0.4 is 15.2 Å². The minimum absolute atomic E-state index is 0.0836. The monoisotopic (exact) mass is 503 g/mol. The first-order chi connectivity index (χ1) is 16.9. The Morgan fingerprint density at radius 1 is 1.03 bits per heavy atom. The van der Waals surface area contributed by atoms with Crippen LogP contribution in [0.1, 0.15) is 63.0 Å². The fraction of sp³-hybridized carbons (Fsp3) is 0.538. The third-order valence-electron chi connectivity index (χ3n) is 6.57. The summed E-state index contributed by atoms with van der Waals surface area (Å²) in [5.74, 6) is -0.132. The predicted molar refractivity (Wildman–Crippen MR) is 140 cm³/mol. The van der Waals surface area contributed by atoms with Gasteiger partial charge in [-0.05, 0) is 32.3 Å². The molecule has 9 heteroatoms. The molecule has 2 aromatic rings. The fourth-order valence-electron chi connectivity index (χ4n) is 4.85. The lowest BCUT2D eigenvalue weighted by Gasteiger charge is -2.51. The topological polar surface area (TPSA) is 73.2 Å². The first-order valence-electron chi connectivity index (χ1n) is 12.4. The summed E-state index contributed by atoms with van der Waals surface area (Å²) in [6, 6.07) is 11.1. The van der Waals surface area contributed by atoms with Crippen LogP contribution in [0, 0.1) is 0 Å². The van der Waals surface area contributed by atoms with E-state index in [-0.39, 0.29) is 35.0 Å². The Hall–Kier alpha value is -2.41. The summed E-state index contributed by atoms with van der Waals surface area (Å²) in [4.78, 5) is 28.1. The van der Waals surface area contributed by atoms with Crippen molar-refractivity contribution in [2.24, 2.45) is 0 Å². The standard InChI is InChI=1S/C24H32N3O5P.C2H6/c1-5-31-33(32-6-2)19-12-14-24(16-19)25(3)23(29)21-22(20(28)13-15-27(21)26(24)4)30-17-18-10-8-7-9-11-18;1-2/h7-11,13,15,19H,5-6,12,14,16-17H2,1-4H3;1-2H3. The molecule has 1 amide bonds. The highest BCUT2D eigenvalue weighted by Gasteiger charge is 2.54. The molecule has 192 valence electrons. The lowest BCUT2D eigenvalue weighted by Crippen LogP contribution is -2.67. The van der Waals surface area contributed by atoms with Crippen molar-refractivity contribution in [3.8, 4) is 5.75 Å². The van der Waals surface area contributed by atoms with E-state index in [9.17, 15) is 9.59 Å². The Labute approximate surface area is 209 Å². The van der Waals surface area contributed by atoms with Gasteiger partial charge in [-0.3, -0.25) is 19.3 Å². The lowest BCUT2D eigenvalue weighted by atomic mass is 10.0. The number of hydrogen-bond acceptors (Lipinski definition) is 6. The molecular weight excluding hydrogens is 465 g/mol. The third kappa shape index (κ3) is 5.25. The number of pyridine rings is 1. The molecule has 8 nitrogen and oxygen atoms in total. The summed E-state index contributed by atoms with van der Waals surface area (Å²) < 4.78 is 19.5. The quantitative estimate of drug-likeness (QED) is 0.485. The zero-order valence-corrected chi connectivity index (χ0v) is 22.6. The molecule has 1 aliphatic heterocycles. The van der Waals surface area contributed by atoms with E-state index in [1.54, 1.807) is 15.8 Å². The van der Waals surface area contributed by atoms with Gasteiger partial charge in [-0.25, -0.2) is 0 Å². The summed E-state index contributed by atoms with van der Waals surface area (Å²) >= 11 is 0. The molecule has 2 unspecified atom stereocenters. The van der Waals surface area contributed by atoms with Crippen molar-refractivity contribution >= 4 is 14.3 Å². The Balaban J connectivity index is 0.00000167. The molecule has 2 heterocycles. The maximum atomic E-state index is 13.6. The first kappa shape index (κ1) is 27.2. The summed E-state index contributed by atoms with van der Waals surface area (Å²) in [5.41, 5.74) is 0.597. The van der Waals surface area contributed by atoms with E-state index in [2.05, 4.69) is 5.01 Å². The van der Waals surface area contributed by atoms with Crippen molar-refractivity contribution in [3.05, 3.63) is 64.1 Å². The lowest BCUT2D eigenvalue weighted by molar-refractivity contribution is 0.0401. The van der Waals surface area contributed by atoms with Crippen LogP contribution in [0.3, 0.4) is 0 Å². The van der Waals surface area contributed by atoms with Crippen molar-refractivity contribution < 1.29 is 18.6 Å². The Morgan fingerprint density at radius 3 is 2.31 bits per heavy atom. The molecule has 1 fully saturated rings. The van der Waals surface area contributed by atoms with Crippen molar-refractivity contribution in [2.75, 3.05) is 32.3 Å². The van der Waals surface area contributed by atoms with E-state index < -0.39 is 14.0 Å². The van der Waals surface area contributed by atoms with Crippen molar-refractivity contribution in [2.45, 2.75) is 64.9 Å². The first-order valence-corrected chi connectivity index (χ1v) is 13.7. The summed E-state index contributed by atoms with van der Waals surface area (Å²) in [7, 11) is 2.75. The number of hydrogen-bond donors (Lipinski definition) is 0. The van der Waals surface area contributed by atoms with E-state index in [0.717, 1.165) is 24.8 Å². The van der Waals surface area contributed by atoms with Crippen LogP contribution in [0.5, 0.6) is 5.75 Å². The summed E-state index contributed by atoms with van der Waals surface area (Å²) in [5, 5.41) is 2.06. The molecular formula is C26H38N3O5P. The van der Waals surface area contributed by atoms with Gasteiger partial charge < -0.3 is 18.7 Å². The summed E-state index contributed by atoms with van der Waals surface area (Å²) in [6.45, 7) is 9.38. The fourth-order valence-corrected chi connectivity index (χ4v) is 6.64. The average molecular weight is 504 g/mol. The van der Waals surface area contributed by atoms with Gasteiger partial charge in [-0.2, -0.15) is 0 Å². The molecule has 0 N–H and O–H groups in total. The maximum absolute atomic E-state index is 13.6. The van der Waals surface area contributed by atoms with E-state index in [1.165, 1.54) is 6.07 Å². The Kier molecular flexibility index (Phi) is 9.34. The number of carbonyl (C=O) groups excluding carboxylic acids is 1. The molecule has 1 aliphatic carbocycles. The molecule has 2 atom stereocenters. The van der Waals surface area contributed by atoms with E-state index >= 15 is 0 Å². The normalized spacial score (nSPS) is 21.2. The second-order valence-electron chi connectivity index (χ2n) is 8.36. The highest BCUT2D eigenvalue weighted by Crippen LogP contribution is 2.55. The van der Waals surface area contributed by atoms with Crippen LogP contribution in [0.4, 0.5) is 0 Å². The molecule has 2 aliphatic rings. The number of ether oxygens (including phenoxy) is 1. The average Bonchev–Trinajstić information content (AvgIpc) is 3.34. The van der Waals surface area contributed by atoms with Gasteiger partial charge in [0.25, 0.3) is 5.91 Å². The Bertz CT molecular complexity index is 1040. The van der Waals surface area contributed by atoms with Gasteiger partial charge in [0, 0.05) is 38.4 Å². The largest absolute Gasteiger partial charge is 0.482 e. The van der Waals surface area contributed by atoms with Crippen LogP contribution in [0.2, 0.25) is 0 Å². The number of amides is 1. The smallest absolute Gasteiger partial charge is 0.278 e. The minimum Gasteiger partial charge on any atom is -0.482 e. The number of carbonyl (C=O) groups is 1. The molecule has 0 saturated heterocycles. The number of fused-ring (bicyclic) bond motifs is 1. The van der Waals surface area contributed by atoms with Crippen molar-refractivity contribution in [1.82, 2.24) is 9.58 Å². The molecule has 1 aromatic heterocycles. The van der Waals surface area contributed by atoms with Crippen LogP contribution in [-0.2, 0) is 15.7 Å². The molecule has 1 aromatic carbocycles. The van der Waals surface area contributed by atoms with Crippen LogP contribution in [0.25, 0.3) is 0 Å². The Morgan fingerprint density at radius 2 is 1.69 bits per heavy atom. The number of benzene rings is 1. The highest BCUT2D eigenvalue weighted by molar-refractivity contribution is 7.48. The van der Waals surface area contributed by atoms with E-state index in [1.807, 2.05) is 72.1 Å². The van der Waals surface area contributed by atoms with Gasteiger partial charge in [0.1, 0.15) is 12.3 Å². The maximum Gasteiger partial charge on any atom is 0.278 e. The summed E-state index contributed by atoms with van der Waals surface area (Å²) in [6.07, 6.45) is 4.10. The molecule has 1 spiro atoms. The molecule has 0 radical (unpaired) electrons. The zero-order chi connectivity index (χ0) is 25.6. The third-order valence-corrected chi connectivity index (χ3v) is 8.63. The van der Waals surface area contributed by atoms with E-state index in [0.29, 0.717) is 13.2 Å². The number of aromatic nitrogens is 1. The second kappa shape index (κ2) is 12.0. The van der Waals surface area contributed by atoms with Crippen LogP contribution >= 0.6 is 8.38 Å². The van der Waals surface area contributed by atoms with Gasteiger partial charge in [0.2, 0.25) is 5.43 Å². The zero-order valence-electron chi connectivity index (χ0n) is 21.7.